The van der Waals surface area contributed by atoms with E-state index in [4.69, 9.17) is 0 Å². The number of rotatable bonds is 4. The first-order valence-corrected chi connectivity index (χ1v) is 3.39. The molecule has 56 valence electrons. The van der Waals surface area contributed by atoms with Crippen LogP contribution in [0.5, 0.6) is 0 Å². The zero-order valence-electron chi connectivity index (χ0n) is 6.65. The summed E-state index contributed by atoms with van der Waals surface area (Å²) in [5.74, 6) is 0. The van der Waals surface area contributed by atoms with E-state index in [0.717, 1.165) is 0 Å². The van der Waals surface area contributed by atoms with E-state index in [1.165, 1.54) is 0 Å². The third kappa shape index (κ3) is 7.88. The van der Waals surface area contributed by atoms with Gasteiger partial charge >= 0.3 is 0 Å². The Morgan fingerprint density at radius 1 is 0.778 bits per heavy atom. The molecule has 3 N–H and O–H groups in total. The van der Waals surface area contributed by atoms with Gasteiger partial charge in [-0.15, -0.1) is 0 Å². The average Bonchev–Trinajstić information content (AvgIpc) is 1.63. The minimum absolute atomic E-state index is 0.469. The molecule has 0 heterocycles. The molecule has 0 amide bonds. The normalized spacial score (nSPS) is 11.3. The van der Waals surface area contributed by atoms with Crippen LogP contribution in [-0.4, -0.2) is 12.1 Å². The molecule has 0 aliphatic carbocycles. The van der Waals surface area contributed by atoms with E-state index in [9.17, 15) is 0 Å². The van der Waals surface area contributed by atoms with Crippen LogP contribution in [0.3, 0.4) is 0 Å². The number of hydrazine groups is 2. The first-order chi connectivity index (χ1) is 4.13. The lowest BCUT2D eigenvalue weighted by atomic mass is 10.4. The van der Waals surface area contributed by atoms with Crippen LogP contribution in [0.1, 0.15) is 27.7 Å². The average molecular weight is 131 g/mol. The number of hydrogen-bond acceptors (Lipinski definition) is 3. The predicted molar refractivity (Wildman–Crippen MR) is 39.7 cm³/mol. The number of hydrogen-bond donors (Lipinski definition) is 3. The topological polar surface area (TPSA) is 36.1 Å². The molecule has 0 fully saturated rings. The monoisotopic (exact) mass is 131 g/mol. The Morgan fingerprint density at radius 3 is 1.33 bits per heavy atom. The zero-order valence-corrected chi connectivity index (χ0v) is 6.65. The van der Waals surface area contributed by atoms with Crippen LogP contribution in [0.25, 0.3) is 0 Å². The molecule has 0 bridgehead atoms. The molecule has 0 atom stereocenters. The summed E-state index contributed by atoms with van der Waals surface area (Å²) < 4.78 is 0. The highest BCUT2D eigenvalue weighted by Gasteiger charge is 1.90. The van der Waals surface area contributed by atoms with Gasteiger partial charge in [0, 0.05) is 12.1 Å². The van der Waals surface area contributed by atoms with Gasteiger partial charge in [0.05, 0.1) is 0 Å². The van der Waals surface area contributed by atoms with E-state index in [1.807, 2.05) is 0 Å². The highest BCUT2D eigenvalue weighted by atomic mass is 15.6. The maximum absolute atomic E-state index is 3.02. The molecule has 0 aliphatic heterocycles. The Balaban J connectivity index is 2.91. The van der Waals surface area contributed by atoms with Gasteiger partial charge in [0.2, 0.25) is 0 Å². The van der Waals surface area contributed by atoms with Gasteiger partial charge in [0.15, 0.2) is 0 Å². The van der Waals surface area contributed by atoms with Gasteiger partial charge in [-0.05, 0) is 27.7 Å². The summed E-state index contributed by atoms with van der Waals surface area (Å²) in [5, 5.41) is 0. The van der Waals surface area contributed by atoms with Crippen molar-refractivity contribution in [2.24, 2.45) is 0 Å². The maximum atomic E-state index is 3.02. The SMILES string of the molecule is CC(C)NNNC(C)C. The first-order valence-electron chi connectivity index (χ1n) is 3.39. The van der Waals surface area contributed by atoms with Crippen molar-refractivity contribution >= 4 is 0 Å². The Kier molecular flexibility index (Phi) is 4.67. The minimum Gasteiger partial charge on any atom is -0.242 e. The van der Waals surface area contributed by atoms with Crippen molar-refractivity contribution in [3.8, 4) is 0 Å². The largest absolute Gasteiger partial charge is 0.242 e. The van der Waals surface area contributed by atoms with E-state index in [2.05, 4.69) is 44.1 Å². The lowest BCUT2D eigenvalue weighted by molar-refractivity contribution is 0.367. The van der Waals surface area contributed by atoms with Gasteiger partial charge in [-0.1, -0.05) is 0 Å². The fraction of sp³-hybridized carbons (Fsp3) is 1.00. The summed E-state index contributed by atoms with van der Waals surface area (Å²) >= 11 is 0. The van der Waals surface area contributed by atoms with Crippen LogP contribution in [0, 0.1) is 0 Å². The summed E-state index contributed by atoms with van der Waals surface area (Å²) in [4.78, 5) is 0. The van der Waals surface area contributed by atoms with Crippen molar-refractivity contribution in [3.63, 3.8) is 0 Å². The standard InChI is InChI=1S/C6H17N3/c1-5(2)7-9-8-6(3)4/h5-9H,1-4H3. The molecule has 0 rings (SSSR count). The molecule has 0 aliphatic rings. The summed E-state index contributed by atoms with van der Waals surface area (Å²) in [5.41, 5.74) is 8.92. The lowest BCUT2D eigenvalue weighted by Gasteiger charge is -2.12. The van der Waals surface area contributed by atoms with Crippen LogP contribution >= 0.6 is 0 Å². The zero-order chi connectivity index (χ0) is 7.28. The molecule has 3 nitrogen and oxygen atoms in total. The van der Waals surface area contributed by atoms with E-state index in [1.54, 1.807) is 0 Å². The van der Waals surface area contributed by atoms with Crippen LogP contribution < -0.4 is 16.4 Å². The van der Waals surface area contributed by atoms with Crippen molar-refractivity contribution in [3.05, 3.63) is 0 Å². The first kappa shape index (κ1) is 8.88. The van der Waals surface area contributed by atoms with E-state index in [-0.39, 0.29) is 0 Å². The molecule has 0 saturated heterocycles. The summed E-state index contributed by atoms with van der Waals surface area (Å²) in [6.45, 7) is 8.31. The Hall–Kier alpha value is -0.120. The molecule has 0 saturated carbocycles. The van der Waals surface area contributed by atoms with E-state index in [0.29, 0.717) is 12.1 Å². The van der Waals surface area contributed by atoms with Crippen LogP contribution in [-0.2, 0) is 0 Å². The summed E-state index contributed by atoms with van der Waals surface area (Å²) in [6.07, 6.45) is 0. The molecule has 9 heavy (non-hydrogen) atoms. The Morgan fingerprint density at radius 2 is 1.11 bits per heavy atom. The molecule has 0 unspecified atom stereocenters. The van der Waals surface area contributed by atoms with Gasteiger partial charge in [-0.25, -0.2) is 10.9 Å². The highest BCUT2D eigenvalue weighted by Crippen LogP contribution is 1.71. The third-order valence-electron chi connectivity index (χ3n) is 0.722. The van der Waals surface area contributed by atoms with Crippen molar-refractivity contribution in [2.45, 2.75) is 39.8 Å². The molecular formula is C6H17N3. The molecule has 0 aromatic rings. The molecule has 3 heteroatoms. The molecule has 0 aromatic carbocycles. The van der Waals surface area contributed by atoms with Gasteiger partial charge in [0.1, 0.15) is 0 Å². The van der Waals surface area contributed by atoms with Gasteiger partial charge < -0.3 is 0 Å². The van der Waals surface area contributed by atoms with Crippen molar-refractivity contribution in [1.29, 1.82) is 0 Å². The molecule has 0 spiro atoms. The van der Waals surface area contributed by atoms with Crippen LogP contribution in [0.2, 0.25) is 0 Å². The molecular weight excluding hydrogens is 114 g/mol. The maximum Gasteiger partial charge on any atom is 0.0169 e. The molecule has 0 radical (unpaired) electrons. The second-order valence-electron chi connectivity index (χ2n) is 2.72. The third-order valence-corrected chi connectivity index (χ3v) is 0.722. The van der Waals surface area contributed by atoms with Crippen LogP contribution in [0.15, 0.2) is 0 Å². The van der Waals surface area contributed by atoms with E-state index >= 15 is 0 Å². The highest BCUT2D eigenvalue weighted by molar-refractivity contribution is 4.47. The smallest absolute Gasteiger partial charge is 0.0169 e. The summed E-state index contributed by atoms with van der Waals surface area (Å²) in [7, 11) is 0. The van der Waals surface area contributed by atoms with Crippen molar-refractivity contribution < 1.29 is 0 Å². The number of nitrogens with one attached hydrogen (secondary N) is 3. The summed E-state index contributed by atoms with van der Waals surface area (Å²) in [6, 6.07) is 0.937. The van der Waals surface area contributed by atoms with E-state index < -0.39 is 0 Å². The van der Waals surface area contributed by atoms with Crippen molar-refractivity contribution in [1.82, 2.24) is 16.4 Å². The molecule has 0 aromatic heterocycles. The van der Waals surface area contributed by atoms with Gasteiger partial charge in [0.25, 0.3) is 0 Å². The Labute approximate surface area is 57.2 Å². The minimum atomic E-state index is 0.469. The predicted octanol–water partition coefficient (Wildman–Crippen LogP) is 0.402. The second kappa shape index (κ2) is 4.73. The lowest BCUT2D eigenvalue weighted by Crippen LogP contribution is -2.49. The second-order valence-corrected chi connectivity index (χ2v) is 2.72. The van der Waals surface area contributed by atoms with Crippen molar-refractivity contribution in [2.75, 3.05) is 0 Å². The fourth-order valence-electron chi connectivity index (χ4n) is 0.330. The quantitative estimate of drug-likeness (QED) is 0.483. The van der Waals surface area contributed by atoms with Gasteiger partial charge in [-0.2, -0.15) is 5.53 Å². The van der Waals surface area contributed by atoms with Crippen LogP contribution in [0.4, 0.5) is 0 Å². The van der Waals surface area contributed by atoms with Gasteiger partial charge in [-0.3, -0.25) is 0 Å². The Bertz CT molecular complexity index is 53.3. The fourth-order valence-corrected chi connectivity index (χ4v) is 0.330.